The molecule has 0 aliphatic heterocycles. The Bertz CT molecular complexity index is 439. The van der Waals surface area contributed by atoms with Crippen molar-refractivity contribution in [3.8, 4) is 0 Å². The summed E-state index contributed by atoms with van der Waals surface area (Å²) in [7, 11) is 0. The zero-order chi connectivity index (χ0) is 11.4. The predicted molar refractivity (Wildman–Crippen MR) is 67.7 cm³/mol. The standard InChI is InChI=1S/C13H13ClN2/c1-10(11-5-3-2-4-6-11)16-13-8-7-12(14)9-15-13/h2-10H,1H3,(H,15,16). The molecule has 1 aromatic heterocycles. The van der Waals surface area contributed by atoms with Crippen molar-refractivity contribution in [1.82, 2.24) is 4.98 Å². The predicted octanol–water partition coefficient (Wildman–Crippen LogP) is 3.91. The van der Waals surface area contributed by atoms with Gasteiger partial charge in [0.15, 0.2) is 0 Å². The van der Waals surface area contributed by atoms with E-state index in [2.05, 4.69) is 29.4 Å². The van der Waals surface area contributed by atoms with Gasteiger partial charge in [-0.15, -0.1) is 0 Å². The van der Waals surface area contributed by atoms with E-state index in [0.717, 1.165) is 5.82 Å². The van der Waals surface area contributed by atoms with Gasteiger partial charge in [-0.3, -0.25) is 0 Å². The van der Waals surface area contributed by atoms with Crippen LogP contribution < -0.4 is 5.32 Å². The molecule has 1 aromatic carbocycles. The smallest absolute Gasteiger partial charge is 0.126 e. The number of pyridine rings is 1. The van der Waals surface area contributed by atoms with Crippen LogP contribution in [0.5, 0.6) is 0 Å². The molecule has 0 aliphatic rings. The first-order valence-corrected chi connectivity index (χ1v) is 5.56. The van der Waals surface area contributed by atoms with E-state index in [1.807, 2.05) is 30.3 Å². The summed E-state index contributed by atoms with van der Waals surface area (Å²) < 4.78 is 0. The number of nitrogens with zero attached hydrogens (tertiary/aromatic N) is 1. The van der Waals surface area contributed by atoms with Crippen molar-refractivity contribution in [2.45, 2.75) is 13.0 Å². The molecule has 2 aromatic rings. The highest BCUT2D eigenvalue weighted by molar-refractivity contribution is 6.30. The van der Waals surface area contributed by atoms with Crippen LogP contribution in [0.1, 0.15) is 18.5 Å². The summed E-state index contributed by atoms with van der Waals surface area (Å²) in [5.74, 6) is 0.834. The third-order valence-corrected chi connectivity index (χ3v) is 2.61. The molecule has 3 heteroatoms. The molecule has 1 N–H and O–H groups in total. The number of anilines is 1. The van der Waals surface area contributed by atoms with Crippen LogP contribution in [0.15, 0.2) is 48.7 Å². The first kappa shape index (κ1) is 11.0. The second-order valence-corrected chi connectivity index (χ2v) is 4.07. The maximum Gasteiger partial charge on any atom is 0.126 e. The lowest BCUT2D eigenvalue weighted by molar-refractivity contribution is 0.875. The molecular formula is C13H13ClN2. The largest absolute Gasteiger partial charge is 0.364 e. The Kier molecular flexibility index (Phi) is 3.42. The van der Waals surface area contributed by atoms with Crippen LogP contribution in [0.4, 0.5) is 5.82 Å². The Labute approximate surface area is 100 Å². The van der Waals surface area contributed by atoms with E-state index < -0.39 is 0 Å². The average Bonchev–Trinajstić information content (AvgIpc) is 2.33. The van der Waals surface area contributed by atoms with E-state index in [1.165, 1.54) is 5.56 Å². The van der Waals surface area contributed by atoms with Crippen molar-refractivity contribution < 1.29 is 0 Å². The number of nitrogens with one attached hydrogen (secondary N) is 1. The molecule has 0 spiro atoms. The Morgan fingerprint density at radius 2 is 1.88 bits per heavy atom. The zero-order valence-corrected chi connectivity index (χ0v) is 9.78. The van der Waals surface area contributed by atoms with E-state index >= 15 is 0 Å². The fourth-order valence-electron chi connectivity index (χ4n) is 1.51. The summed E-state index contributed by atoms with van der Waals surface area (Å²) in [6.07, 6.45) is 1.64. The van der Waals surface area contributed by atoms with Gasteiger partial charge in [0.1, 0.15) is 5.82 Å². The Morgan fingerprint density at radius 3 is 2.50 bits per heavy atom. The molecule has 0 amide bonds. The minimum Gasteiger partial charge on any atom is -0.364 e. The summed E-state index contributed by atoms with van der Waals surface area (Å²) in [5, 5.41) is 3.97. The van der Waals surface area contributed by atoms with Gasteiger partial charge in [-0.25, -0.2) is 4.98 Å². The molecule has 1 atom stereocenters. The maximum absolute atomic E-state index is 5.77. The van der Waals surface area contributed by atoms with Crippen LogP contribution >= 0.6 is 11.6 Å². The van der Waals surface area contributed by atoms with Gasteiger partial charge in [0, 0.05) is 12.2 Å². The number of aromatic nitrogens is 1. The Hall–Kier alpha value is -1.54. The molecule has 1 heterocycles. The van der Waals surface area contributed by atoms with Gasteiger partial charge in [-0.2, -0.15) is 0 Å². The van der Waals surface area contributed by atoms with Crippen molar-refractivity contribution in [2.24, 2.45) is 0 Å². The summed E-state index contributed by atoms with van der Waals surface area (Å²) >= 11 is 5.77. The number of rotatable bonds is 3. The van der Waals surface area contributed by atoms with Crippen LogP contribution in [0.2, 0.25) is 5.02 Å². The van der Waals surface area contributed by atoms with Gasteiger partial charge in [0.25, 0.3) is 0 Å². The molecule has 2 rings (SSSR count). The Balaban J connectivity index is 2.08. The molecule has 16 heavy (non-hydrogen) atoms. The molecule has 0 fully saturated rings. The van der Waals surface area contributed by atoms with Crippen molar-refractivity contribution in [3.05, 3.63) is 59.2 Å². The third kappa shape index (κ3) is 2.74. The highest BCUT2D eigenvalue weighted by atomic mass is 35.5. The molecule has 0 radical (unpaired) electrons. The fourth-order valence-corrected chi connectivity index (χ4v) is 1.62. The van der Waals surface area contributed by atoms with E-state index in [1.54, 1.807) is 6.20 Å². The van der Waals surface area contributed by atoms with Gasteiger partial charge in [0.05, 0.1) is 5.02 Å². The lowest BCUT2D eigenvalue weighted by Crippen LogP contribution is -2.07. The monoisotopic (exact) mass is 232 g/mol. The second-order valence-electron chi connectivity index (χ2n) is 3.64. The minimum absolute atomic E-state index is 0.231. The summed E-state index contributed by atoms with van der Waals surface area (Å²) in [6.45, 7) is 2.10. The lowest BCUT2D eigenvalue weighted by Gasteiger charge is -2.14. The SMILES string of the molecule is CC(Nc1ccc(Cl)cn1)c1ccccc1. The molecule has 82 valence electrons. The van der Waals surface area contributed by atoms with Crippen LogP contribution in [0.25, 0.3) is 0 Å². The van der Waals surface area contributed by atoms with Crippen molar-refractivity contribution >= 4 is 17.4 Å². The van der Waals surface area contributed by atoms with Gasteiger partial charge in [-0.05, 0) is 24.6 Å². The quantitative estimate of drug-likeness (QED) is 0.868. The zero-order valence-electron chi connectivity index (χ0n) is 9.02. The minimum atomic E-state index is 0.231. The third-order valence-electron chi connectivity index (χ3n) is 2.39. The molecule has 0 saturated heterocycles. The first-order valence-electron chi connectivity index (χ1n) is 5.19. The maximum atomic E-state index is 5.77. The molecule has 2 nitrogen and oxygen atoms in total. The molecule has 0 bridgehead atoms. The van der Waals surface area contributed by atoms with Crippen molar-refractivity contribution in [2.75, 3.05) is 5.32 Å². The topological polar surface area (TPSA) is 24.9 Å². The van der Waals surface area contributed by atoms with Crippen LogP contribution in [0, 0.1) is 0 Å². The second kappa shape index (κ2) is 4.99. The van der Waals surface area contributed by atoms with Crippen LogP contribution in [-0.2, 0) is 0 Å². The van der Waals surface area contributed by atoms with Gasteiger partial charge in [-0.1, -0.05) is 41.9 Å². The van der Waals surface area contributed by atoms with Crippen molar-refractivity contribution in [1.29, 1.82) is 0 Å². The number of hydrogen-bond acceptors (Lipinski definition) is 2. The molecule has 0 aliphatic carbocycles. The highest BCUT2D eigenvalue weighted by Crippen LogP contribution is 2.18. The van der Waals surface area contributed by atoms with Gasteiger partial charge in [0.2, 0.25) is 0 Å². The fraction of sp³-hybridized carbons (Fsp3) is 0.154. The van der Waals surface area contributed by atoms with E-state index in [4.69, 9.17) is 11.6 Å². The summed E-state index contributed by atoms with van der Waals surface area (Å²) in [6, 6.07) is 14.2. The molecular weight excluding hydrogens is 220 g/mol. The normalized spacial score (nSPS) is 12.1. The highest BCUT2D eigenvalue weighted by Gasteiger charge is 2.04. The van der Waals surface area contributed by atoms with Gasteiger partial charge >= 0.3 is 0 Å². The summed E-state index contributed by atoms with van der Waals surface area (Å²) in [5.41, 5.74) is 1.24. The lowest BCUT2D eigenvalue weighted by atomic mass is 10.1. The number of halogens is 1. The molecule has 0 saturated carbocycles. The van der Waals surface area contributed by atoms with Gasteiger partial charge < -0.3 is 5.32 Å². The van der Waals surface area contributed by atoms with E-state index in [9.17, 15) is 0 Å². The molecule has 1 unspecified atom stereocenters. The van der Waals surface area contributed by atoms with Crippen LogP contribution in [-0.4, -0.2) is 4.98 Å². The first-order chi connectivity index (χ1) is 7.75. The number of hydrogen-bond donors (Lipinski definition) is 1. The van der Waals surface area contributed by atoms with Crippen molar-refractivity contribution in [3.63, 3.8) is 0 Å². The summed E-state index contributed by atoms with van der Waals surface area (Å²) in [4.78, 5) is 4.20. The van der Waals surface area contributed by atoms with E-state index in [0.29, 0.717) is 5.02 Å². The average molecular weight is 233 g/mol. The Morgan fingerprint density at radius 1 is 1.12 bits per heavy atom. The number of benzene rings is 1. The van der Waals surface area contributed by atoms with Crippen LogP contribution in [0.3, 0.4) is 0 Å². The van der Waals surface area contributed by atoms with E-state index in [-0.39, 0.29) is 6.04 Å².